The van der Waals surface area contributed by atoms with Crippen molar-refractivity contribution < 1.29 is 30.3 Å². The van der Waals surface area contributed by atoms with Crippen LogP contribution in [-0.4, -0.2) is 11.1 Å². The van der Waals surface area contributed by atoms with Crippen LogP contribution >= 0.6 is 0 Å². The minimum atomic E-state index is -0.659. The van der Waals surface area contributed by atoms with Crippen LogP contribution in [0.15, 0.2) is 0 Å². The summed E-state index contributed by atoms with van der Waals surface area (Å²) >= 11 is 0. The molecule has 0 bridgehead atoms. The molecule has 0 heterocycles. The maximum Gasteiger partial charge on any atom is 0.303 e. The Morgan fingerprint density at radius 2 is 1.27 bits per heavy atom. The van der Waals surface area contributed by atoms with E-state index in [4.69, 9.17) is 5.11 Å². The van der Waals surface area contributed by atoms with E-state index in [2.05, 4.69) is 6.92 Å². The summed E-state index contributed by atoms with van der Waals surface area (Å²) in [5.41, 5.74) is 0. The fourth-order valence-electron chi connectivity index (χ4n) is 1.59. The van der Waals surface area contributed by atoms with Gasteiger partial charge in [0.25, 0.3) is 0 Å². The molecule has 15 heavy (non-hydrogen) atoms. The van der Waals surface area contributed by atoms with Gasteiger partial charge in [-0.05, 0) is 6.42 Å². The average molecular weight is 307 g/mol. The van der Waals surface area contributed by atoms with Crippen molar-refractivity contribution in [2.75, 3.05) is 0 Å². The van der Waals surface area contributed by atoms with Crippen molar-refractivity contribution in [3.05, 3.63) is 0 Å². The monoisotopic (exact) mass is 306 g/mol. The van der Waals surface area contributed by atoms with Crippen molar-refractivity contribution in [1.29, 1.82) is 0 Å². The van der Waals surface area contributed by atoms with Crippen LogP contribution in [0.5, 0.6) is 0 Å². The molecule has 2 nitrogen and oxygen atoms in total. The SMILES string of the molecule is CCCCCCCCCCCC(=O)O.[Pd]. The number of hydrogen-bond donors (Lipinski definition) is 1. The Morgan fingerprint density at radius 1 is 0.867 bits per heavy atom. The van der Waals surface area contributed by atoms with Gasteiger partial charge in [0, 0.05) is 26.8 Å². The molecule has 0 saturated carbocycles. The number of aliphatic carboxylic acids is 1. The third kappa shape index (κ3) is 16.8. The Hall–Kier alpha value is 0.132. The van der Waals surface area contributed by atoms with E-state index in [9.17, 15) is 4.79 Å². The van der Waals surface area contributed by atoms with Crippen molar-refractivity contribution >= 4 is 5.97 Å². The zero-order valence-corrected chi connectivity index (χ0v) is 11.3. The molecule has 0 aliphatic heterocycles. The van der Waals surface area contributed by atoms with E-state index in [0.29, 0.717) is 6.42 Å². The second-order valence-corrected chi connectivity index (χ2v) is 3.97. The van der Waals surface area contributed by atoms with Crippen molar-refractivity contribution in [3.63, 3.8) is 0 Å². The average Bonchev–Trinajstić information content (AvgIpc) is 2.15. The summed E-state index contributed by atoms with van der Waals surface area (Å²) < 4.78 is 0. The van der Waals surface area contributed by atoms with Gasteiger partial charge in [0.15, 0.2) is 0 Å². The molecule has 0 saturated heterocycles. The predicted octanol–water partition coefficient (Wildman–Crippen LogP) is 3.99. The van der Waals surface area contributed by atoms with Gasteiger partial charge in [-0.15, -0.1) is 0 Å². The molecule has 0 fully saturated rings. The molecular weight excluding hydrogens is 283 g/mol. The van der Waals surface area contributed by atoms with Gasteiger partial charge in [-0.3, -0.25) is 4.79 Å². The van der Waals surface area contributed by atoms with Crippen LogP contribution in [0.25, 0.3) is 0 Å². The largest absolute Gasteiger partial charge is 0.481 e. The van der Waals surface area contributed by atoms with Crippen molar-refractivity contribution in [2.24, 2.45) is 0 Å². The molecule has 0 radical (unpaired) electrons. The number of carboxylic acid groups (broad SMARTS) is 1. The second-order valence-electron chi connectivity index (χ2n) is 3.97. The number of carboxylic acids is 1. The van der Waals surface area contributed by atoms with E-state index < -0.39 is 5.97 Å². The Morgan fingerprint density at radius 3 is 1.67 bits per heavy atom. The van der Waals surface area contributed by atoms with Gasteiger partial charge < -0.3 is 5.11 Å². The molecule has 0 unspecified atom stereocenters. The summed E-state index contributed by atoms with van der Waals surface area (Å²) in [6, 6.07) is 0. The van der Waals surface area contributed by atoms with Crippen molar-refractivity contribution in [2.45, 2.75) is 71.1 Å². The Balaban J connectivity index is 0. The summed E-state index contributed by atoms with van der Waals surface area (Å²) in [6.45, 7) is 2.23. The Kier molecular flexibility index (Phi) is 16.5. The number of rotatable bonds is 10. The normalized spacial score (nSPS) is 9.67. The standard InChI is InChI=1S/C12H24O2.Pd/c1-2-3-4-5-6-7-8-9-10-11-12(13)14;/h2-11H2,1H3,(H,13,14);. The molecule has 0 rings (SSSR count). The van der Waals surface area contributed by atoms with E-state index in [0.717, 1.165) is 12.8 Å². The van der Waals surface area contributed by atoms with Crippen LogP contribution in [0.1, 0.15) is 71.1 Å². The van der Waals surface area contributed by atoms with Gasteiger partial charge in [-0.2, -0.15) is 0 Å². The summed E-state index contributed by atoms with van der Waals surface area (Å²) in [5.74, 6) is -0.659. The molecule has 0 aromatic heterocycles. The minimum Gasteiger partial charge on any atom is -0.481 e. The van der Waals surface area contributed by atoms with Gasteiger partial charge in [-0.1, -0.05) is 58.3 Å². The molecule has 0 aliphatic carbocycles. The smallest absolute Gasteiger partial charge is 0.303 e. The molecule has 0 aliphatic rings. The molecular formula is C12H24O2Pd. The van der Waals surface area contributed by atoms with Crippen LogP contribution in [0.3, 0.4) is 0 Å². The van der Waals surface area contributed by atoms with Crippen LogP contribution in [-0.2, 0) is 25.2 Å². The summed E-state index contributed by atoms with van der Waals surface area (Å²) in [5, 5.41) is 8.41. The van der Waals surface area contributed by atoms with Gasteiger partial charge in [-0.25, -0.2) is 0 Å². The summed E-state index contributed by atoms with van der Waals surface area (Å²) in [6.07, 6.45) is 11.5. The first-order chi connectivity index (χ1) is 6.77. The molecule has 0 aromatic carbocycles. The van der Waals surface area contributed by atoms with E-state index in [1.54, 1.807) is 0 Å². The number of carbonyl (C=O) groups is 1. The quantitative estimate of drug-likeness (QED) is 0.489. The second kappa shape index (κ2) is 14.1. The van der Waals surface area contributed by atoms with Gasteiger partial charge in [0.05, 0.1) is 0 Å². The number of unbranched alkanes of at least 4 members (excludes halogenated alkanes) is 8. The Bertz CT molecular complexity index is 138. The molecule has 0 spiro atoms. The molecule has 3 heteroatoms. The first-order valence-electron chi connectivity index (χ1n) is 5.99. The topological polar surface area (TPSA) is 37.3 Å². The molecule has 0 aromatic rings. The van der Waals surface area contributed by atoms with Crippen LogP contribution in [0, 0.1) is 0 Å². The molecule has 1 N–H and O–H groups in total. The summed E-state index contributed by atoms with van der Waals surface area (Å²) in [7, 11) is 0. The van der Waals surface area contributed by atoms with Gasteiger partial charge in [0.1, 0.15) is 0 Å². The van der Waals surface area contributed by atoms with Crippen LogP contribution < -0.4 is 0 Å². The first kappa shape index (κ1) is 17.5. The molecule has 94 valence electrons. The predicted molar refractivity (Wildman–Crippen MR) is 59.5 cm³/mol. The van der Waals surface area contributed by atoms with Crippen molar-refractivity contribution in [3.8, 4) is 0 Å². The van der Waals surface area contributed by atoms with Crippen LogP contribution in [0.4, 0.5) is 0 Å². The number of hydrogen-bond acceptors (Lipinski definition) is 1. The Labute approximate surface area is 107 Å². The maximum absolute atomic E-state index is 10.2. The fourth-order valence-corrected chi connectivity index (χ4v) is 1.59. The maximum atomic E-state index is 10.2. The molecule has 0 atom stereocenters. The molecule has 0 amide bonds. The van der Waals surface area contributed by atoms with E-state index >= 15 is 0 Å². The van der Waals surface area contributed by atoms with E-state index in [1.165, 1.54) is 44.9 Å². The third-order valence-corrected chi connectivity index (χ3v) is 2.49. The van der Waals surface area contributed by atoms with E-state index in [1.807, 2.05) is 0 Å². The minimum absolute atomic E-state index is 0. The zero-order valence-electron chi connectivity index (χ0n) is 9.74. The third-order valence-electron chi connectivity index (χ3n) is 2.49. The van der Waals surface area contributed by atoms with E-state index in [-0.39, 0.29) is 20.4 Å². The van der Waals surface area contributed by atoms with Gasteiger partial charge >= 0.3 is 5.97 Å². The summed E-state index contributed by atoms with van der Waals surface area (Å²) in [4.78, 5) is 10.2. The first-order valence-corrected chi connectivity index (χ1v) is 5.99. The zero-order chi connectivity index (χ0) is 10.6. The fraction of sp³-hybridized carbons (Fsp3) is 0.917. The van der Waals surface area contributed by atoms with Crippen molar-refractivity contribution in [1.82, 2.24) is 0 Å². The van der Waals surface area contributed by atoms with Crippen LogP contribution in [0.2, 0.25) is 0 Å². The van der Waals surface area contributed by atoms with Gasteiger partial charge in [0.2, 0.25) is 0 Å².